The van der Waals surface area contributed by atoms with Crippen molar-refractivity contribution in [2.75, 3.05) is 18.9 Å². The van der Waals surface area contributed by atoms with Gasteiger partial charge in [-0.2, -0.15) is 0 Å². The number of aromatic nitrogens is 1. The number of hydrogen-bond acceptors (Lipinski definition) is 2. The van der Waals surface area contributed by atoms with Crippen molar-refractivity contribution in [3.63, 3.8) is 0 Å². The molecule has 0 atom stereocenters. The highest BCUT2D eigenvalue weighted by atomic mass is 79.9. The molecule has 1 aromatic rings. The van der Waals surface area contributed by atoms with Crippen LogP contribution in [-0.4, -0.2) is 28.8 Å². The third-order valence-electron chi connectivity index (χ3n) is 3.02. The smallest absolute Gasteiger partial charge is 0.0312 e. The molecule has 0 N–H and O–H groups in total. The van der Waals surface area contributed by atoms with E-state index in [1.165, 1.54) is 24.9 Å². The second-order valence-electron chi connectivity index (χ2n) is 4.67. The Morgan fingerprint density at radius 1 is 1.53 bits per heavy atom. The molecule has 2 nitrogen and oxygen atoms in total. The lowest BCUT2D eigenvalue weighted by Gasteiger charge is -2.21. The highest BCUT2D eigenvalue weighted by Crippen LogP contribution is 2.47. The Bertz CT molecular complexity index is 309. The van der Waals surface area contributed by atoms with Gasteiger partial charge in [-0.25, -0.2) is 0 Å². The number of hydrogen-bond donors (Lipinski definition) is 0. The predicted octanol–water partition coefficient (Wildman–Crippen LogP) is 2.69. The van der Waals surface area contributed by atoms with Crippen LogP contribution < -0.4 is 0 Å². The lowest BCUT2D eigenvalue weighted by Crippen LogP contribution is -2.27. The molecule has 1 aliphatic rings. The Kier molecular flexibility index (Phi) is 3.42. The van der Waals surface area contributed by atoms with Crippen LogP contribution in [0.5, 0.6) is 0 Å². The van der Waals surface area contributed by atoms with Crippen LogP contribution in [0.4, 0.5) is 0 Å². The highest BCUT2D eigenvalue weighted by molar-refractivity contribution is 9.09. The first-order valence-electron chi connectivity index (χ1n) is 5.38. The van der Waals surface area contributed by atoms with Gasteiger partial charge in [-0.05, 0) is 36.9 Å². The zero-order valence-corrected chi connectivity index (χ0v) is 10.7. The average molecular weight is 269 g/mol. The number of halogens is 1. The van der Waals surface area contributed by atoms with Gasteiger partial charge in [0.05, 0.1) is 0 Å². The molecule has 82 valence electrons. The lowest BCUT2D eigenvalue weighted by molar-refractivity contribution is 0.271. The monoisotopic (exact) mass is 268 g/mol. The molecule has 0 aromatic carbocycles. The van der Waals surface area contributed by atoms with Gasteiger partial charge in [0.15, 0.2) is 0 Å². The zero-order chi connectivity index (χ0) is 10.7. The number of nitrogens with zero attached hydrogens (tertiary/aromatic N) is 2. The van der Waals surface area contributed by atoms with E-state index in [9.17, 15) is 0 Å². The van der Waals surface area contributed by atoms with Gasteiger partial charge in [-0.3, -0.25) is 4.98 Å². The van der Waals surface area contributed by atoms with Crippen LogP contribution in [0.25, 0.3) is 0 Å². The first-order valence-corrected chi connectivity index (χ1v) is 6.50. The molecule has 1 fully saturated rings. The Morgan fingerprint density at radius 3 is 2.87 bits per heavy atom. The van der Waals surface area contributed by atoms with Crippen molar-refractivity contribution in [1.29, 1.82) is 0 Å². The maximum absolute atomic E-state index is 4.13. The van der Waals surface area contributed by atoms with Crippen molar-refractivity contribution in [3.05, 3.63) is 30.1 Å². The molecule has 1 aliphatic carbocycles. The first kappa shape index (κ1) is 11.1. The molecule has 1 saturated carbocycles. The maximum Gasteiger partial charge on any atom is 0.0312 e. The van der Waals surface area contributed by atoms with Crippen LogP contribution in [0.1, 0.15) is 18.4 Å². The SMILES string of the molecule is CN(Cc1cccnc1)CC1(CBr)CC1. The summed E-state index contributed by atoms with van der Waals surface area (Å²) in [6, 6.07) is 4.14. The molecule has 0 bridgehead atoms. The summed E-state index contributed by atoms with van der Waals surface area (Å²) in [5, 5.41) is 1.14. The summed E-state index contributed by atoms with van der Waals surface area (Å²) in [7, 11) is 2.19. The Balaban J connectivity index is 1.85. The predicted molar refractivity (Wildman–Crippen MR) is 66.0 cm³/mol. The molecule has 3 heteroatoms. The molecular formula is C12H17BrN2. The quantitative estimate of drug-likeness (QED) is 0.764. The number of alkyl halides is 1. The van der Waals surface area contributed by atoms with E-state index in [4.69, 9.17) is 0 Å². The van der Waals surface area contributed by atoms with Gasteiger partial charge in [0.1, 0.15) is 0 Å². The summed E-state index contributed by atoms with van der Waals surface area (Å²) in [6.07, 6.45) is 6.51. The van der Waals surface area contributed by atoms with Crippen LogP contribution in [0, 0.1) is 5.41 Å². The summed E-state index contributed by atoms with van der Waals surface area (Å²) in [5.41, 5.74) is 1.86. The average Bonchev–Trinajstić information content (AvgIpc) is 3.00. The minimum Gasteiger partial charge on any atom is -0.301 e. The van der Waals surface area contributed by atoms with Gasteiger partial charge >= 0.3 is 0 Å². The molecule has 0 spiro atoms. The van der Waals surface area contributed by atoms with Gasteiger partial charge in [0.25, 0.3) is 0 Å². The third kappa shape index (κ3) is 3.02. The van der Waals surface area contributed by atoms with Crippen LogP contribution >= 0.6 is 15.9 Å². The van der Waals surface area contributed by atoms with Gasteiger partial charge in [-0.1, -0.05) is 22.0 Å². The minimum atomic E-state index is 0.566. The van der Waals surface area contributed by atoms with Crippen molar-refractivity contribution < 1.29 is 0 Å². The second kappa shape index (κ2) is 4.62. The van der Waals surface area contributed by atoms with E-state index in [1.807, 2.05) is 18.5 Å². The van der Waals surface area contributed by atoms with E-state index in [0.29, 0.717) is 5.41 Å². The van der Waals surface area contributed by atoms with Gasteiger partial charge < -0.3 is 4.90 Å². The fraction of sp³-hybridized carbons (Fsp3) is 0.583. The van der Waals surface area contributed by atoms with E-state index >= 15 is 0 Å². The molecular weight excluding hydrogens is 252 g/mol. The molecule has 0 amide bonds. The number of pyridine rings is 1. The molecule has 1 heterocycles. The molecule has 0 unspecified atom stereocenters. The fourth-order valence-corrected chi connectivity index (χ4v) is 2.68. The van der Waals surface area contributed by atoms with Crippen LogP contribution in [0.2, 0.25) is 0 Å². The third-order valence-corrected chi connectivity index (χ3v) is 4.21. The number of rotatable bonds is 5. The van der Waals surface area contributed by atoms with E-state index in [1.54, 1.807) is 0 Å². The summed E-state index contributed by atoms with van der Waals surface area (Å²) < 4.78 is 0. The van der Waals surface area contributed by atoms with Gasteiger partial charge in [0, 0.05) is 30.8 Å². The van der Waals surface area contributed by atoms with Crippen LogP contribution in [-0.2, 0) is 6.54 Å². The Hall–Kier alpha value is -0.410. The summed E-state index contributed by atoms with van der Waals surface area (Å²) in [4.78, 5) is 6.53. The molecule has 0 saturated heterocycles. The van der Waals surface area contributed by atoms with Crippen molar-refractivity contribution >= 4 is 15.9 Å². The molecule has 15 heavy (non-hydrogen) atoms. The molecule has 0 aliphatic heterocycles. The van der Waals surface area contributed by atoms with Crippen LogP contribution in [0.3, 0.4) is 0 Å². The van der Waals surface area contributed by atoms with E-state index in [-0.39, 0.29) is 0 Å². The van der Waals surface area contributed by atoms with Crippen LogP contribution in [0.15, 0.2) is 24.5 Å². The Labute approximate surface area is 99.8 Å². The molecule has 2 rings (SSSR count). The maximum atomic E-state index is 4.13. The zero-order valence-electron chi connectivity index (χ0n) is 9.12. The summed E-state index contributed by atoms with van der Waals surface area (Å²) in [6.45, 7) is 2.19. The van der Waals surface area contributed by atoms with Crippen molar-refractivity contribution in [3.8, 4) is 0 Å². The topological polar surface area (TPSA) is 16.1 Å². The fourth-order valence-electron chi connectivity index (χ4n) is 1.94. The van der Waals surface area contributed by atoms with Gasteiger partial charge in [-0.15, -0.1) is 0 Å². The first-order chi connectivity index (χ1) is 7.24. The largest absolute Gasteiger partial charge is 0.301 e. The lowest BCUT2D eigenvalue weighted by atomic mass is 10.1. The normalized spacial score (nSPS) is 18.1. The molecule has 0 radical (unpaired) electrons. The van der Waals surface area contributed by atoms with Crippen molar-refractivity contribution in [2.24, 2.45) is 5.41 Å². The van der Waals surface area contributed by atoms with Crippen molar-refractivity contribution in [2.45, 2.75) is 19.4 Å². The molecule has 1 aromatic heterocycles. The van der Waals surface area contributed by atoms with Gasteiger partial charge in [0.2, 0.25) is 0 Å². The van der Waals surface area contributed by atoms with E-state index in [0.717, 1.165) is 11.9 Å². The minimum absolute atomic E-state index is 0.566. The van der Waals surface area contributed by atoms with E-state index < -0.39 is 0 Å². The Morgan fingerprint density at radius 2 is 2.33 bits per heavy atom. The van der Waals surface area contributed by atoms with E-state index in [2.05, 4.69) is 38.9 Å². The second-order valence-corrected chi connectivity index (χ2v) is 5.23. The van der Waals surface area contributed by atoms with Crippen molar-refractivity contribution in [1.82, 2.24) is 9.88 Å². The standard InChI is InChI=1S/C12H17BrN2/c1-15(10-12(9-13)4-5-12)8-11-3-2-6-14-7-11/h2-3,6-7H,4-5,8-10H2,1H3. The summed E-state index contributed by atoms with van der Waals surface area (Å²) in [5.74, 6) is 0. The summed E-state index contributed by atoms with van der Waals surface area (Å²) >= 11 is 3.61. The highest BCUT2D eigenvalue weighted by Gasteiger charge is 2.41.